The fourth-order valence-electron chi connectivity index (χ4n) is 2.08. The molecule has 2 rings (SSSR count). The Morgan fingerprint density at radius 1 is 1.41 bits per heavy atom. The van der Waals surface area contributed by atoms with E-state index >= 15 is 0 Å². The maximum atomic E-state index is 11.3. The van der Waals surface area contributed by atoms with Crippen molar-refractivity contribution in [3.8, 4) is 0 Å². The van der Waals surface area contributed by atoms with Gasteiger partial charge in [0.05, 0.1) is 13.2 Å². The van der Waals surface area contributed by atoms with Crippen LogP contribution in [0.15, 0.2) is 22.7 Å². The number of anilines is 1. The van der Waals surface area contributed by atoms with Crippen molar-refractivity contribution in [3.63, 3.8) is 0 Å². The van der Waals surface area contributed by atoms with Crippen molar-refractivity contribution in [1.82, 2.24) is 0 Å². The molecule has 0 spiro atoms. The summed E-state index contributed by atoms with van der Waals surface area (Å²) >= 11 is 3.46. The average molecular weight is 298 g/mol. The van der Waals surface area contributed by atoms with Crippen molar-refractivity contribution in [3.05, 3.63) is 28.2 Å². The van der Waals surface area contributed by atoms with Crippen LogP contribution >= 0.6 is 15.9 Å². The standard InChI is InChI=1S/C13H16BrNO2/c1-10(16)8-11-9-12(14)2-3-13(11)15-4-6-17-7-5-15/h2-3,9H,4-8H2,1H3. The fourth-order valence-corrected chi connectivity index (χ4v) is 2.49. The maximum absolute atomic E-state index is 11.3. The van der Waals surface area contributed by atoms with Gasteiger partial charge in [-0.05, 0) is 30.7 Å². The van der Waals surface area contributed by atoms with E-state index in [2.05, 4.69) is 26.9 Å². The smallest absolute Gasteiger partial charge is 0.134 e. The van der Waals surface area contributed by atoms with Crippen molar-refractivity contribution in [2.24, 2.45) is 0 Å². The maximum Gasteiger partial charge on any atom is 0.134 e. The number of halogens is 1. The number of benzene rings is 1. The summed E-state index contributed by atoms with van der Waals surface area (Å²) in [6, 6.07) is 6.13. The van der Waals surface area contributed by atoms with E-state index in [4.69, 9.17) is 4.74 Å². The minimum Gasteiger partial charge on any atom is -0.378 e. The number of carbonyl (C=O) groups excluding carboxylic acids is 1. The Kier molecular flexibility index (Phi) is 4.18. The predicted molar refractivity (Wildman–Crippen MR) is 71.6 cm³/mol. The molecule has 1 aliphatic rings. The lowest BCUT2D eigenvalue weighted by molar-refractivity contribution is -0.116. The van der Waals surface area contributed by atoms with Gasteiger partial charge in [0.1, 0.15) is 5.78 Å². The molecule has 4 heteroatoms. The lowest BCUT2D eigenvalue weighted by atomic mass is 10.1. The van der Waals surface area contributed by atoms with Gasteiger partial charge >= 0.3 is 0 Å². The van der Waals surface area contributed by atoms with E-state index in [0.717, 1.165) is 42.0 Å². The molecule has 17 heavy (non-hydrogen) atoms. The van der Waals surface area contributed by atoms with Crippen LogP contribution in [0.1, 0.15) is 12.5 Å². The lowest BCUT2D eigenvalue weighted by Crippen LogP contribution is -2.36. The molecule has 0 radical (unpaired) electrons. The van der Waals surface area contributed by atoms with Gasteiger partial charge in [-0.15, -0.1) is 0 Å². The first-order valence-electron chi connectivity index (χ1n) is 5.77. The van der Waals surface area contributed by atoms with E-state index in [-0.39, 0.29) is 5.78 Å². The molecule has 1 heterocycles. The zero-order valence-electron chi connectivity index (χ0n) is 9.91. The number of hydrogen-bond donors (Lipinski definition) is 0. The second-order valence-corrected chi connectivity index (χ2v) is 5.17. The van der Waals surface area contributed by atoms with Gasteiger partial charge in [0.15, 0.2) is 0 Å². The van der Waals surface area contributed by atoms with Gasteiger partial charge in [0, 0.05) is 29.7 Å². The minimum atomic E-state index is 0.192. The molecule has 0 atom stereocenters. The normalized spacial score (nSPS) is 16.0. The average Bonchev–Trinajstić information content (AvgIpc) is 2.29. The first-order chi connectivity index (χ1) is 8.16. The van der Waals surface area contributed by atoms with E-state index in [1.807, 2.05) is 12.1 Å². The van der Waals surface area contributed by atoms with Crippen molar-refractivity contribution < 1.29 is 9.53 Å². The molecule has 0 amide bonds. The first kappa shape index (κ1) is 12.6. The SMILES string of the molecule is CC(=O)Cc1cc(Br)ccc1N1CCOCC1. The van der Waals surface area contributed by atoms with Gasteiger partial charge in [-0.25, -0.2) is 0 Å². The molecular formula is C13H16BrNO2. The van der Waals surface area contributed by atoms with Crippen LogP contribution in [-0.2, 0) is 16.0 Å². The summed E-state index contributed by atoms with van der Waals surface area (Å²) in [6.07, 6.45) is 0.492. The molecule has 0 saturated carbocycles. The van der Waals surface area contributed by atoms with Gasteiger partial charge in [-0.1, -0.05) is 15.9 Å². The topological polar surface area (TPSA) is 29.5 Å². The molecule has 1 aliphatic heterocycles. The van der Waals surface area contributed by atoms with E-state index < -0.39 is 0 Å². The number of ketones is 1. The predicted octanol–water partition coefficient (Wildman–Crippen LogP) is 2.42. The summed E-state index contributed by atoms with van der Waals surface area (Å²) in [4.78, 5) is 13.6. The van der Waals surface area contributed by atoms with Gasteiger partial charge in [0.25, 0.3) is 0 Å². The fraction of sp³-hybridized carbons (Fsp3) is 0.462. The molecule has 0 N–H and O–H groups in total. The molecule has 0 aliphatic carbocycles. The molecule has 3 nitrogen and oxygen atoms in total. The molecule has 1 saturated heterocycles. The Hall–Kier alpha value is -0.870. The zero-order valence-corrected chi connectivity index (χ0v) is 11.5. The van der Waals surface area contributed by atoms with Crippen molar-refractivity contribution in [2.75, 3.05) is 31.2 Å². The van der Waals surface area contributed by atoms with Crippen molar-refractivity contribution in [1.29, 1.82) is 0 Å². The van der Waals surface area contributed by atoms with Crippen LogP contribution < -0.4 is 4.90 Å². The van der Waals surface area contributed by atoms with E-state index in [0.29, 0.717) is 6.42 Å². The Bertz CT molecular complexity index is 414. The summed E-state index contributed by atoms with van der Waals surface area (Å²) in [7, 11) is 0. The summed E-state index contributed by atoms with van der Waals surface area (Å²) in [5.41, 5.74) is 2.25. The third-order valence-corrected chi connectivity index (χ3v) is 3.33. The van der Waals surface area contributed by atoms with Crippen LogP contribution in [0.4, 0.5) is 5.69 Å². The third kappa shape index (κ3) is 3.30. The van der Waals surface area contributed by atoms with Crippen molar-refractivity contribution >= 4 is 27.4 Å². The summed E-state index contributed by atoms with van der Waals surface area (Å²) in [5.74, 6) is 0.192. The van der Waals surface area contributed by atoms with Crippen LogP contribution in [0.5, 0.6) is 0 Å². The highest BCUT2D eigenvalue weighted by Gasteiger charge is 2.15. The molecule has 0 aromatic heterocycles. The quantitative estimate of drug-likeness (QED) is 0.858. The minimum absolute atomic E-state index is 0.192. The first-order valence-corrected chi connectivity index (χ1v) is 6.56. The Labute approximate surface area is 110 Å². The number of morpholine rings is 1. The number of Topliss-reactive ketones (excluding diaryl/α,β-unsaturated/α-hetero) is 1. The van der Waals surface area contributed by atoms with E-state index in [9.17, 15) is 4.79 Å². The van der Waals surface area contributed by atoms with Crippen molar-refractivity contribution in [2.45, 2.75) is 13.3 Å². The van der Waals surface area contributed by atoms with Gasteiger partial charge in [0.2, 0.25) is 0 Å². The molecule has 1 aromatic rings. The molecule has 92 valence electrons. The van der Waals surface area contributed by atoms with Gasteiger partial charge < -0.3 is 9.64 Å². The number of rotatable bonds is 3. The van der Waals surface area contributed by atoms with Gasteiger partial charge in [-0.2, -0.15) is 0 Å². The summed E-state index contributed by atoms with van der Waals surface area (Å²) < 4.78 is 6.37. The van der Waals surface area contributed by atoms with E-state index in [1.54, 1.807) is 6.92 Å². The van der Waals surface area contributed by atoms with Crippen LogP contribution in [-0.4, -0.2) is 32.1 Å². The summed E-state index contributed by atoms with van der Waals surface area (Å²) in [6.45, 7) is 4.94. The lowest BCUT2D eigenvalue weighted by Gasteiger charge is -2.30. The van der Waals surface area contributed by atoms with Crippen LogP contribution in [0.2, 0.25) is 0 Å². The highest BCUT2D eigenvalue weighted by atomic mass is 79.9. The number of nitrogens with zero attached hydrogens (tertiary/aromatic N) is 1. The third-order valence-electron chi connectivity index (χ3n) is 2.83. The monoisotopic (exact) mass is 297 g/mol. The van der Waals surface area contributed by atoms with Crippen LogP contribution in [0.25, 0.3) is 0 Å². The Balaban J connectivity index is 2.27. The summed E-state index contributed by atoms with van der Waals surface area (Å²) in [5, 5.41) is 0. The highest BCUT2D eigenvalue weighted by molar-refractivity contribution is 9.10. The molecule has 0 bridgehead atoms. The number of carbonyl (C=O) groups is 1. The molecular weight excluding hydrogens is 282 g/mol. The zero-order chi connectivity index (χ0) is 12.3. The number of ether oxygens (including phenoxy) is 1. The van der Waals surface area contributed by atoms with E-state index in [1.165, 1.54) is 0 Å². The second-order valence-electron chi connectivity index (χ2n) is 4.25. The Morgan fingerprint density at radius 2 is 2.12 bits per heavy atom. The highest BCUT2D eigenvalue weighted by Crippen LogP contribution is 2.26. The Morgan fingerprint density at radius 3 is 2.76 bits per heavy atom. The van der Waals surface area contributed by atoms with Crippen LogP contribution in [0, 0.1) is 0 Å². The van der Waals surface area contributed by atoms with Crippen LogP contribution in [0.3, 0.4) is 0 Å². The second kappa shape index (κ2) is 5.65. The molecule has 1 fully saturated rings. The van der Waals surface area contributed by atoms with Gasteiger partial charge in [-0.3, -0.25) is 4.79 Å². The largest absolute Gasteiger partial charge is 0.378 e. The molecule has 1 aromatic carbocycles. The molecule has 0 unspecified atom stereocenters. The number of hydrogen-bond acceptors (Lipinski definition) is 3.